The summed E-state index contributed by atoms with van der Waals surface area (Å²) in [6.07, 6.45) is 0. The van der Waals surface area contributed by atoms with Crippen LogP contribution in [0.4, 0.5) is 10.1 Å². The molecular formula is C38H22FN3. The molecule has 7 rings (SSSR count). The van der Waals surface area contributed by atoms with Crippen LogP contribution in [0.2, 0.25) is 0 Å². The second kappa shape index (κ2) is 10.2. The molecule has 7 aromatic rings. The van der Waals surface area contributed by atoms with Gasteiger partial charge < -0.3 is 4.57 Å². The van der Waals surface area contributed by atoms with Gasteiger partial charge >= 0.3 is 0 Å². The molecule has 42 heavy (non-hydrogen) atoms. The van der Waals surface area contributed by atoms with Crippen LogP contribution in [0.1, 0.15) is 5.56 Å². The lowest BCUT2D eigenvalue weighted by Crippen LogP contribution is -2.00. The highest BCUT2D eigenvalue weighted by Crippen LogP contribution is 2.42. The molecule has 196 valence electrons. The molecule has 0 bridgehead atoms. The van der Waals surface area contributed by atoms with E-state index < -0.39 is 5.82 Å². The maximum absolute atomic E-state index is 16.1. The first-order valence-corrected chi connectivity index (χ1v) is 13.6. The first kappa shape index (κ1) is 25.0. The molecule has 0 aliphatic heterocycles. The summed E-state index contributed by atoms with van der Waals surface area (Å²) in [6, 6.07) is 45.9. The Bertz CT molecular complexity index is 2110. The van der Waals surface area contributed by atoms with Gasteiger partial charge in [0, 0.05) is 16.3 Å². The molecule has 6 aromatic carbocycles. The quantitative estimate of drug-likeness (QED) is 0.205. The fourth-order valence-corrected chi connectivity index (χ4v) is 5.76. The summed E-state index contributed by atoms with van der Waals surface area (Å²) >= 11 is 0. The van der Waals surface area contributed by atoms with Gasteiger partial charge in [-0.15, -0.1) is 0 Å². The van der Waals surface area contributed by atoms with Gasteiger partial charge in [-0.25, -0.2) is 9.24 Å². The minimum atomic E-state index is -0.808. The number of nitrogens with zero attached hydrogens (tertiary/aromatic N) is 3. The minimum absolute atomic E-state index is 0.133. The van der Waals surface area contributed by atoms with E-state index in [2.05, 4.69) is 65.5 Å². The lowest BCUT2D eigenvalue weighted by molar-refractivity contribution is 0.629. The van der Waals surface area contributed by atoms with Crippen molar-refractivity contribution in [2.24, 2.45) is 0 Å². The number of hydrogen-bond acceptors (Lipinski definition) is 1. The predicted molar refractivity (Wildman–Crippen MR) is 168 cm³/mol. The van der Waals surface area contributed by atoms with Crippen molar-refractivity contribution < 1.29 is 4.39 Å². The van der Waals surface area contributed by atoms with Crippen LogP contribution in [0.15, 0.2) is 133 Å². The zero-order chi connectivity index (χ0) is 28.6. The van der Waals surface area contributed by atoms with Gasteiger partial charge in [0.2, 0.25) is 5.69 Å². The summed E-state index contributed by atoms with van der Waals surface area (Å²) in [7, 11) is 0. The molecule has 0 N–H and O–H groups in total. The van der Waals surface area contributed by atoms with E-state index >= 15 is 4.39 Å². The molecule has 0 atom stereocenters. The van der Waals surface area contributed by atoms with Crippen LogP contribution in [0.5, 0.6) is 0 Å². The lowest BCUT2D eigenvalue weighted by atomic mass is 9.97. The molecule has 0 radical (unpaired) electrons. The number of hydrogen-bond donors (Lipinski definition) is 0. The average Bonchev–Trinajstić information content (AvgIpc) is 3.38. The molecule has 0 amide bonds. The van der Waals surface area contributed by atoms with E-state index in [9.17, 15) is 5.26 Å². The van der Waals surface area contributed by atoms with Crippen LogP contribution in [-0.4, -0.2) is 4.57 Å². The third-order valence-corrected chi connectivity index (χ3v) is 7.75. The number of nitriles is 1. The Kier molecular flexibility index (Phi) is 6.08. The van der Waals surface area contributed by atoms with Gasteiger partial charge in [-0.05, 0) is 46.0 Å². The Labute approximate surface area is 242 Å². The molecule has 0 aliphatic rings. The largest absolute Gasteiger partial charge is 0.319 e. The molecule has 1 heterocycles. The van der Waals surface area contributed by atoms with Crippen LogP contribution >= 0.6 is 0 Å². The van der Waals surface area contributed by atoms with E-state index in [0.717, 1.165) is 44.1 Å². The summed E-state index contributed by atoms with van der Waals surface area (Å²) in [6.45, 7) is 8.01. The van der Waals surface area contributed by atoms with Gasteiger partial charge in [-0.2, -0.15) is 5.26 Å². The van der Waals surface area contributed by atoms with E-state index in [1.807, 2.05) is 77.4 Å². The van der Waals surface area contributed by atoms with Crippen LogP contribution < -0.4 is 0 Å². The SMILES string of the molecule is [C-]#[N+]c1c(-n2c3cc(-c4ccccc4)ccc3c3ccc(-c4ccccc4)cc32)cc(-c2ccccc2)c(C#N)c1F. The third kappa shape index (κ3) is 4.03. The number of fused-ring (bicyclic) bond motifs is 3. The molecule has 0 saturated heterocycles. The van der Waals surface area contributed by atoms with Gasteiger partial charge in [0.25, 0.3) is 0 Å². The van der Waals surface area contributed by atoms with E-state index in [4.69, 9.17) is 6.57 Å². The van der Waals surface area contributed by atoms with Gasteiger partial charge in [0.1, 0.15) is 6.07 Å². The Morgan fingerprint density at radius 1 is 0.595 bits per heavy atom. The van der Waals surface area contributed by atoms with Crippen molar-refractivity contribution >= 4 is 27.5 Å². The van der Waals surface area contributed by atoms with Gasteiger partial charge in [0.15, 0.2) is 5.82 Å². The molecule has 0 spiro atoms. The van der Waals surface area contributed by atoms with Crippen molar-refractivity contribution in [3.8, 4) is 45.1 Å². The molecule has 1 aromatic heterocycles. The minimum Gasteiger partial charge on any atom is -0.319 e. The molecule has 0 fully saturated rings. The Balaban J connectivity index is 1.62. The molecule has 3 nitrogen and oxygen atoms in total. The fourth-order valence-electron chi connectivity index (χ4n) is 5.76. The van der Waals surface area contributed by atoms with Crippen molar-refractivity contribution in [1.29, 1.82) is 5.26 Å². The maximum Gasteiger partial charge on any atom is 0.246 e. The second-order valence-electron chi connectivity index (χ2n) is 10.1. The smallest absolute Gasteiger partial charge is 0.246 e. The highest BCUT2D eigenvalue weighted by Gasteiger charge is 2.24. The zero-order valence-electron chi connectivity index (χ0n) is 22.4. The summed E-state index contributed by atoms with van der Waals surface area (Å²) < 4.78 is 18.1. The second-order valence-corrected chi connectivity index (χ2v) is 10.1. The van der Waals surface area contributed by atoms with Crippen molar-refractivity contribution in [3.05, 3.63) is 156 Å². The molecule has 4 heteroatoms. The number of benzene rings is 6. The van der Waals surface area contributed by atoms with Crippen LogP contribution in [0.25, 0.3) is 65.7 Å². The molecule has 0 saturated carbocycles. The Morgan fingerprint density at radius 2 is 1.07 bits per heavy atom. The highest BCUT2D eigenvalue weighted by atomic mass is 19.1. The van der Waals surface area contributed by atoms with E-state index in [0.29, 0.717) is 16.8 Å². The summed E-state index contributed by atoms with van der Waals surface area (Å²) in [4.78, 5) is 3.65. The number of halogens is 1. The van der Waals surface area contributed by atoms with E-state index in [1.54, 1.807) is 6.07 Å². The van der Waals surface area contributed by atoms with E-state index in [-0.39, 0.29) is 11.3 Å². The normalized spacial score (nSPS) is 10.9. The van der Waals surface area contributed by atoms with Gasteiger partial charge in [-0.1, -0.05) is 115 Å². The summed E-state index contributed by atoms with van der Waals surface area (Å²) in [5.74, 6) is -0.808. The van der Waals surface area contributed by atoms with Crippen molar-refractivity contribution in [2.45, 2.75) is 0 Å². The Hall–Kier alpha value is -5.97. The number of rotatable bonds is 4. The van der Waals surface area contributed by atoms with Crippen molar-refractivity contribution in [3.63, 3.8) is 0 Å². The monoisotopic (exact) mass is 539 g/mol. The third-order valence-electron chi connectivity index (χ3n) is 7.75. The molecule has 0 unspecified atom stereocenters. The predicted octanol–water partition coefficient (Wildman–Crippen LogP) is 10.3. The average molecular weight is 540 g/mol. The van der Waals surface area contributed by atoms with Crippen LogP contribution in [0, 0.1) is 23.7 Å². The van der Waals surface area contributed by atoms with Crippen molar-refractivity contribution in [1.82, 2.24) is 4.57 Å². The van der Waals surface area contributed by atoms with Crippen LogP contribution in [-0.2, 0) is 0 Å². The Morgan fingerprint density at radius 3 is 1.52 bits per heavy atom. The van der Waals surface area contributed by atoms with Crippen molar-refractivity contribution in [2.75, 3.05) is 0 Å². The number of aromatic nitrogens is 1. The van der Waals surface area contributed by atoms with E-state index in [1.165, 1.54) is 0 Å². The summed E-state index contributed by atoms with van der Waals surface area (Å²) in [5.41, 5.74) is 7.09. The van der Waals surface area contributed by atoms with Gasteiger partial charge in [-0.3, -0.25) is 0 Å². The highest BCUT2D eigenvalue weighted by molar-refractivity contribution is 6.11. The lowest BCUT2D eigenvalue weighted by Gasteiger charge is -2.16. The fraction of sp³-hybridized carbons (Fsp3) is 0. The first-order valence-electron chi connectivity index (χ1n) is 13.6. The maximum atomic E-state index is 16.1. The zero-order valence-corrected chi connectivity index (χ0v) is 22.4. The van der Waals surface area contributed by atoms with Gasteiger partial charge in [0.05, 0.1) is 28.9 Å². The first-order chi connectivity index (χ1) is 20.7. The van der Waals surface area contributed by atoms with Crippen LogP contribution in [0.3, 0.4) is 0 Å². The summed E-state index contributed by atoms with van der Waals surface area (Å²) in [5, 5.41) is 12.0. The molecule has 0 aliphatic carbocycles. The standard InChI is InChI=1S/C38H22FN3/c1-41-38-36(23-32(33(24-40)37(38)39)27-15-9-4-10-16-27)42-34-21-28(25-11-5-2-6-12-25)17-19-30(34)31-20-18-29(22-35(31)42)26-13-7-3-8-14-26/h2-23H. The molecular weight excluding hydrogens is 517 g/mol. The topological polar surface area (TPSA) is 33.1 Å².